The van der Waals surface area contributed by atoms with Crippen LogP contribution in [0.3, 0.4) is 0 Å². The number of nitrogens with one attached hydrogen (secondary N) is 2. The summed E-state index contributed by atoms with van der Waals surface area (Å²) in [4.78, 5) is 36.5. The fourth-order valence-electron chi connectivity index (χ4n) is 4.08. The molecule has 0 radical (unpaired) electrons. The first-order valence-electron chi connectivity index (χ1n) is 11.7. The number of carbonyl (C=O) groups is 3. The molecule has 0 atom stereocenters. The van der Waals surface area contributed by atoms with Crippen molar-refractivity contribution in [1.82, 2.24) is 10.6 Å². The Balaban J connectivity index is 1.18. The van der Waals surface area contributed by atoms with Gasteiger partial charge in [0, 0.05) is 18.7 Å². The summed E-state index contributed by atoms with van der Waals surface area (Å²) in [5.41, 5.74) is 2.58. The molecule has 1 fully saturated rings. The molecule has 0 aliphatic heterocycles. The van der Waals surface area contributed by atoms with Crippen molar-refractivity contribution in [3.8, 4) is 16.9 Å². The molecular weight excluding hydrogens is 464 g/mol. The Morgan fingerprint density at radius 3 is 2.17 bits per heavy atom. The quantitative estimate of drug-likeness (QED) is 0.379. The molecule has 0 saturated heterocycles. The minimum absolute atomic E-state index is 0.000931. The Bertz CT molecular complexity index is 1150. The molecule has 2 aromatic carbocycles. The number of amides is 2. The summed E-state index contributed by atoms with van der Waals surface area (Å²) in [6.45, 7) is 0.635. The van der Waals surface area contributed by atoms with Crippen molar-refractivity contribution in [2.75, 3.05) is 13.1 Å². The molecule has 1 aromatic heterocycles. The molecule has 1 aliphatic carbocycles. The molecule has 35 heavy (non-hydrogen) atoms. The van der Waals surface area contributed by atoms with E-state index in [1.54, 1.807) is 24.3 Å². The molecule has 0 spiro atoms. The Hall–Kier alpha value is -3.65. The molecular formula is C27H28N2O5S. The van der Waals surface area contributed by atoms with Crippen LogP contribution in [0.15, 0.2) is 66.0 Å². The first kappa shape index (κ1) is 24.5. The number of hydrogen-bond acceptors (Lipinski definition) is 5. The van der Waals surface area contributed by atoms with E-state index in [4.69, 9.17) is 9.84 Å². The van der Waals surface area contributed by atoms with Crippen LogP contribution in [0, 0.1) is 5.92 Å². The molecule has 3 aromatic rings. The third-order valence-corrected chi connectivity index (χ3v) is 7.00. The summed E-state index contributed by atoms with van der Waals surface area (Å²) in [5, 5.41) is 16.7. The molecule has 4 rings (SSSR count). The van der Waals surface area contributed by atoms with Gasteiger partial charge >= 0.3 is 5.97 Å². The summed E-state index contributed by atoms with van der Waals surface area (Å²) in [5.74, 6) is -0.733. The lowest BCUT2D eigenvalue weighted by atomic mass is 9.87. The number of benzene rings is 2. The molecule has 0 unspecified atom stereocenters. The van der Waals surface area contributed by atoms with Crippen LogP contribution in [0.1, 0.15) is 45.7 Å². The smallest absolute Gasteiger partial charge is 0.306 e. The van der Waals surface area contributed by atoms with Crippen molar-refractivity contribution in [3.63, 3.8) is 0 Å². The molecule has 7 nitrogen and oxygen atoms in total. The zero-order chi connectivity index (χ0) is 24.6. The minimum Gasteiger partial charge on any atom is -0.490 e. The van der Waals surface area contributed by atoms with E-state index in [9.17, 15) is 14.4 Å². The molecule has 3 N–H and O–H groups in total. The van der Waals surface area contributed by atoms with Gasteiger partial charge < -0.3 is 20.5 Å². The van der Waals surface area contributed by atoms with Gasteiger partial charge in [-0.1, -0.05) is 30.3 Å². The van der Waals surface area contributed by atoms with Gasteiger partial charge in [-0.05, 0) is 72.5 Å². The van der Waals surface area contributed by atoms with Gasteiger partial charge in [0.25, 0.3) is 11.8 Å². The average Bonchev–Trinajstić information content (AvgIpc) is 3.38. The van der Waals surface area contributed by atoms with Crippen LogP contribution in [0.2, 0.25) is 0 Å². The normalized spacial score (nSPS) is 17.4. The Kier molecular flexibility index (Phi) is 8.15. The predicted octanol–water partition coefficient (Wildman–Crippen LogP) is 4.60. The maximum Gasteiger partial charge on any atom is 0.306 e. The van der Waals surface area contributed by atoms with Crippen LogP contribution < -0.4 is 15.4 Å². The van der Waals surface area contributed by atoms with E-state index in [1.807, 2.05) is 41.8 Å². The number of thiophene rings is 1. The largest absolute Gasteiger partial charge is 0.490 e. The number of ether oxygens (including phenoxy) is 1. The summed E-state index contributed by atoms with van der Waals surface area (Å²) in [7, 11) is 0. The van der Waals surface area contributed by atoms with Crippen molar-refractivity contribution in [1.29, 1.82) is 0 Å². The summed E-state index contributed by atoms with van der Waals surface area (Å²) >= 11 is 1.39. The summed E-state index contributed by atoms with van der Waals surface area (Å²) in [6.07, 6.45) is 2.67. The van der Waals surface area contributed by atoms with Crippen LogP contribution in [-0.4, -0.2) is 42.1 Å². The fourth-order valence-corrected chi connectivity index (χ4v) is 4.92. The highest BCUT2D eigenvalue weighted by molar-refractivity contribution is 7.12. The van der Waals surface area contributed by atoms with Crippen molar-refractivity contribution < 1.29 is 24.2 Å². The van der Waals surface area contributed by atoms with Crippen LogP contribution in [0.5, 0.6) is 5.75 Å². The predicted molar refractivity (Wildman–Crippen MR) is 135 cm³/mol. The summed E-state index contributed by atoms with van der Waals surface area (Å²) in [6, 6.07) is 18.7. The van der Waals surface area contributed by atoms with Crippen LogP contribution in [0.25, 0.3) is 11.1 Å². The third-order valence-electron chi connectivity index (χ3n) is 6.07. The van der Waals surface area contributed by atoms with Gasteiger partial charge in [-0.2, -0.15) is 0 Å². The van der Waals surface area contributed by atoms with Gasteiger partial charge in [-0.3, -0.25) is 14.4 Å². The SMILES string of the molecule is O=C(NCCNC(=O)c1cc(-c2ccccc2)cs1)c1ccc(OC2CCC(C(=O)O)CC2)cc1. The maximum atomic E-state index is 12.4. The van der Waals surface area contributed by atoms with E-state index in [2.05, 4.69) is 10.6 Å². The van der Waals surface area contributed by atoms with Crippen LogP contribution in [-0.2, 0) is 4.79 Å². The highest BCUT2D eigenvalue weighted by Gasteiger charge is 2.26. The van der Waals surface area contributed by atoms with Crippen molar-refractivity contribution in [3.05, 3.63) is 76.5 Å². The Morgan fingerprint density at radius 2 is 1.51 bits per heavy atom. The Labute approximate surface area is 208 Å². The van der Waals surface area contributed by atoms with E-state index in [1.165, 1.54) is 11.3 Å². The first-order chi connectivity index (χ1) is 17.0. The van der Waals surface area contributed by atoms with E-state index in [0.29, 0.717) is 55.0 Å². The van der Waals surface area contributed by atoms with Crippen molar-refractivity contribution in [2.45, 2.75) is 31.8 Å². The van der Waals surface area contributed by atoms with Crippen molar-refractivity contribution in [2.24, 2.45) is 5.92 Å². The minimum atomic E-state index is -0.734. The lowest BCUT2D eigenvalue weighted by molar-refractivity contribution is -0.143. The number of hydrogen-bond donors (Lipinski definition) is 3. The van der Waals surface area contributed by atoms with Gasteiger partial charge in [-0.25, -0.2) is 0 Å². The van der Waals surface area contributed by atoms with Gasteiger partial charge in [0.05, 0.1) is 16.9 Å². The highest BCUT2D eigenvalue weighted by Crippen LogP contribution is 2.28. The first-order valence-corrected chi connectivity index (χ1v) is 12.6. The van der Waals surface area contributed by atoms with Gasteiger partial charge in [0.15, 0.2) is 0 Å². The molecule has 8 heteroatoms. The van der Waals surface area contributed by atoms with Gasteiger partial charge in [0.2, 0.25) is 0 Å². The van der Waals surface area contributed by atoms with Gasteiger partial charge in [-0.15, -0.1) is 11.3 Å². The molecule has 2 amide bonds. The standard InChI is InChI=1S/C27H28N2O5S/c30-25(19-6-10-22(11-7-19)34-23-12-8-20(9-13-23)27(32)33)28-14-15-29-26(31)24-16-21(17-35-24)18-4-2-1-3-5-18/h1-7,10-11,16-17,20,23H,8-9,12-15H2,(H,28,30)(H,29,31)(H,32,33). The van der Waals surface area contributed by atoms with Crippen molar-refractivity contribution >= 4 is 29.1 Å². The van der Waals surface area contributed by atoms with Crippen LogP contribution >= 0.6 is 11.3 Å². The zero-order valence-electron chi connectivity index (χ0n) is 19.2. The number of carboxylic acid groups (broad SMARTS) is 1. The topological polar surface area (TPSA) is 105 Å². The van der Waals surface area contributed by atoms with E-state index in [0.717, 1.165) is 11.1 Å². The number of rotatable bonds is 9. The molecule has 1 heterocycles. The third kappa shape index (κ3) is 6.70. The number of carbonyl (C=O) groups excluding carboxylic acids is 2. The Morgan fingerprint density at radius 1 is 0.857 bits per heavy atom. The second-order valence-electron chi connectivity index (χ2n) is 8.53. The lowest BCUT2D eigenvalue weighted by Gasteiger charge is -2.26. The van der Waals surface area contributed by atoms with Gasteiger partial charge in [0.1, 0.15) is 5.75 Å². The van der Waals surface area contributed by atoms with Crippen LogP contribution in [0.4, 0.5) is 0 Å². The molecule has 182 valence electrons. The molecule has 1 aliphatic rings. The monoisotopic (exact) mass is 492 g/mol. The lowest BCUT2D eigenvalue weighted by Crippen LogP contribution is -2.34. The van der Waals surface area contributed by atoms with E-state index in [-0.39, 0.29) is 23.8 Å². The molecule has 1 saturated carbocycles. The highest BCUT2D eigenvalue weighted by atomic mass is 32.1. The molecule has 0 bridgehead atoms. The summed E-state index contributed by atoms with van der Waals surface area (Å²) < 4.78 is 5.94. The number of carboxylic acids is 1. The second-order valence-corrected chi connectivity index (χ2v) is 9.44. The van der Waals surface area contributed by atoms with E-state index < -0.39 is 5.97 Å². The van der Waals surface area contributed by atoms with E-state index >= 15 is 0 Å². The fraction of sp³-hybridized carbons (Fsp3) is 0.296. The second kappa shape index (κ2) is 11.7. The zero-order valence-corrected chi connectivity index (χ0v) is 20.1. The maximum absolute atomic E-state index is 12.4. The average molecular weight is 493 g/mol. The number of aliphatic carboxylic acids is 1.